The van der Waals surface area contributed by atoms with Crippen LogP contribution in [-0.2, 0) is 12.8 Å². The van der Waals surface area contributed by atoms with Crippen LogP contribution in [0.2, 0.25) is 0 Å². The standard InChI is InChI=1S/C20H21N5O/c1-3-13-7-8-14(4-2)16(10-13)25-20(26)18-19(21)23-12-17(24-18)15-6-5-9-22-11-15/h5-12H,3-4H2,1-2H3,(H2,21,23)(H,25,26). The molecule has 0 aliphatic rings. The summed E-state index contributed by atoms with van der Waals surface area (Å²) < 4.78 is 0. The molecule has 3 aromatic rings. The van der Waals surface area contributed by atoms with Crippen LogP contribution < -0.4 is 11.1 Å². The lowest BCUT2D eigenvalue weighted by molar-refractivity contribution is 0.102. The number of nitrogens with zero attached hydrogens (tertiary/aromatic N) is 3. The molecule has 0 saturated heterocycles. The number of carbonyl (C=O) groups excluding carboxylic acids is 1. The first kappa shape index (κ1) is 17.5. The summed E-state index contributed by atoms with van der Waals surface area (Å²) in [5.41, 5.74) is 10.3. The Morgan fingerprint density at radius 1 is 1.15 bits per heavy atom. The molecule has 6 heteroatoms. The van der Waals surface area contributed by atoms with E-state index < -0.39 is 0 Å². The number of pyridine rings is 1. The van der Waals surface area contributed by atoms with Gasteiger partial charge in [-0.15, -0.1) is 0 Å². The number of anilines is 2. The van der Waals surface area contributed by atoms with Gasteiger partial charge in [0.05, 0.1) is 11.9 Å². The van der Waals surface area contributed by atoms with Crippen LogP contribution in [0.5, 0.6) is 0 Å². The maximum Gasteiger partial charge on any atom is 0.278 e. The van der Waals surface area contributed by atoms with Crippen LogP contribution in [0.1, 0.15) is 35.5 Å². The van der Waals surface area contributed by atoms with E-state index in [1.165, 1.54) is 6.20 Å². The molecule has 0 aliphatic carbocycles. The summed E-state index contributed by atoms with van der Waals surface area (Å²) in [5, 5.41) is 2.93. The molecule has 0 spiro atoms. The molecule has 1 amide bonds. The van der Waals surface area contributed by atoms with Crippen LogP contribution in [0.3, 0.4) is 0 Å². The van der Waals surface area contributed by atoms with Gasteiger partial charge in [0, 0.05) is 23.6 Å². The van der Waals surface area contributed by atoms with Crippen LogP contribution in [0.4, 0.5) is 11.5 Å². The lowest BCUT2D eigenvalue weighted by Gasteiger charge is -2.12. The zero-order valence-electron chi connectivity index (χ0n) is 14.9. The summed E-state index contributed by atoms with van der Waals surface area (Å²) in [5.74, 6) is -0.275. The molecule has 1 aromatic carbocycles. The lowest BCUT2D eigenvalue weighted by atomic mass is 10.1. The zero-order valence-corrected chi connectivity index (χ0v) is 14.9. The molecule has 3 N–H and O–H groups in total. The van der Waals surface area contributed by atoms with Crippen molar-refractivity contribution in [1.82, 2.24) is 15.0 Å². The Labute approximate surface area is 152 Å². The third kappa shape index (κ3) is 3.69. The van der Waals surface area contributed by atoms with Crippen molar-refractivity contribution in [3.8, 4) is 11.3 Å². The predicted octanol–water partition coefficient (Wildman–Crippen LogP) is 3.50. The number of benzene rings is 1. The predicted molar refractivity (Wildman–Crippen MR) is 103 cm³/mol. The molecule has 0 unspecified atom stereocenters. The molecule has 2 aromatic heterocycles. The largest absolute Gasteiger partial charge is 0.382 e. The van der Waals surface area contributed by atoms with Crippen molar-refractivity contribution in [3.05, 3.63) is 65.7 Å². The van der Waals surface area contributed by atoms with Crippen molar-refractivity contribution in [3.63, 3.8) is 0 Å². The Hall–Kier alpha value is -3.28. The van der Waals surface area contributed by atoms with Gasteiger partial charge in [-0.1, -0.05) is 26.0 Å². The normalized spacial score (nSPS) is 10.5. The summed E-state index contributed by atoms with van der Waals surface area (Å²) in [6.45, 7) is 4.13. The van der Waals surface area contributed by atoms with Crippen molar-refractivity contribution in [2.75, 3.05) is 11.1 Å². The maximum atomic E-state index is 12.8. The molecule has 0 fully saturated rings. The number of hydrogen-bond acceptors (Lipinski definition) is 5. The van der Waals surface area contributed by atoms with E-state index in [2.05, 4.69) is 33.3 Å². The van der Waals surface area contributed by atoms with Gasteiger partial charge in [0.2, 0.25) is 0 Å². The van der Waals surface area contributed by atoms with E-state index >= 15 is 0 Å². The second kappa shape index (κ2) is 7.74. The van der Waals surface area contributed by atoms with E-state index in [-0.39, 0.29) is 17.4 Å². The van der Waals surface area contributed by atoms with Crippen LogP contribution >= 0.6 is 0 Å². The van der Waals surface area contributed by atoms with E-state index in [0.717, 1.165) is 35.2 Å². The summed E-state index contributed by atoms with van der Waals surface area (Å²) in [7, 11) is 0. The van der Waals surface area contributed by atoms with Gasteiger partial charge < -0.3 is 11.1 Å². The fourth-order valence-electron chi connectivity index (χ4n) is 2.67. The van der Waals surface area contributed by atoms with E-state index in [1.54, 1.807) is 18.5 Å². The van der Waals surface area contributed by atoms with Crippen molar-refractivity contribution in [1.29, 1.82) is 0 Å². The molecule has 0 bridgehead atoms. The number of hydrogen-bond donors (Lipinski definition) is 2. The van der Waals surface area contributed by atoms with Gasteiger partial charge >= 0.3 is 0 Å². The lowest BCUT2D eigenvalue weighted by Crippen LogP contribution is -2.18. The molecule has 0 radical (unpaired) electrons. The number of nitrogens with one attached hydrogen (secondary N) is 1. The quantitative estimate of drug-likeness (QED) is 0.737. The summed E-state index contributed by atoms with van der Waals surface area (Å²) in [6.07, 6.45) is 6.59. The highest BCUT2D eigenvalue weighted by Crippen LogP contribution is 2.22. The van der Waals surface area contributed by atoms with Gasteiger partial charge in [0.15, 0.2) is 11.5 Å². The number of aryl methyl sites for hydroxylation is 2. The van der Waals surface area contributed by atoms with Gasteiger partial charge in [0.25, 0.3) is 5.91 Å². The topological polar surface area (TPSA) is 93.8 Å². The van der Waals surface area contributed by atoms with Crippen molar-refractivity contribution >= 4 is 17.4 Å². The average molecular weight is 347 g/mol. The summed E-state index contributed by atoms with van der Waals surface area (Å²) >= 11 is 0. The molecule has 26 heavy (non-hydrogen) atoms. The smallest absolute Gasteiger partial charge is 0.278 e. The Morgan fingerprint density at radius 2 is 2.00 bits per heavy atom. The molecule has 0 saturated carbocycles. The number of carbonyl (C=O) groups is 1. The third-order valence-corrected chi connectivity index (χ3v) is 4.18. The molecule has 0 aliphatic heterocycles. The highest BCUT2D eigenvalue weighted by molar-refractivity contribution is 6.06. The van der Waals surface area contributed by atoms with Gasteiger partial charge in [-0.05, 0) is 42.2 Å². The van der Waals surface area contributed by atoms with Gasteiger partial charge in [-0.2, -0.15) is 0 Å². The van der Waals surface area contributed by atoms with Crippen LogP contribution in [0.15, 0.2) is 48.9 Å². The number of aromatic nitrogens is 3. The van der Waals surface area contributed by atoms with E-state index in [0.29, 0.717) is 5.69 Å². The Kier molecular flexibility index (Phi) is 5.22. The van der Waals surface area contributed by atoms with Gasteiger partial charge in [-0.25, -0.2) is 9.97 Å². The Bertz CT molecular complexity index is 925. The molecule has 0 atom stereocenters. The van der Waals surface area contributed by atoms with Crippen molar-refractivity contribution in [2.24, 2.45) is 0 Å². The molecule has 3 rings (SSSR count). The first-order valence-corrected chi connectivity index (χ1v) is 8.58. The number of nitrogen functional groups attached to an aromatic ring is 1. The van der Waals surface area contributed by atoms with Crippen molar-refractivity contribution < 1.29 is 4.79 Å². The third-order valence-electron chi connectivity index (χ3n) is 4.18. The molecular formula is C20H21N5O. The van der Waals surface area contributed by atoms with E-state index in [1.807, 2.05) is 25.1 Å². The second-order valence-electron chi connectivity index (χ2n) is 5.88. The fraction of sp³-hybridized carbons (Fsp3) is 0.200. The van der Waals surface area contributed by atoms with Crippen LogP contribution in [-0.4, -0.2) is 20.9 Å². The Morgan fingerprint density at radius 3 is 2.69 bits per heavy atom. The molecule has 6 nitrogen and oxygen atoms in total. The zero-order chi connectivity index (χ0) is 18.5. The summed E-state index contributed by atoms with van der Waals surface area (Å²) in [4.78, 5) is 25.4. The van der Waals surface area contributed by atoms with Crippen LogP contribution in [0, 0.1) is 0 Å². The first-order valence-electron chi connectivity index (χ1n) is 8.58. The summed E-state index contributed by atoms with van der Waals surface area (Å²) in [6, 6.07) is 9.76. The SMILES string of the molecule is CCc1ccc(CC)c(NC(=O)c2nc(-c3cccnc3)cnc2N)c1. The van der Waals surface area contributed by atoms with E-state index in [4.69, 9.17) is 5.73 Å². The monoisotopic (exact) mass is 347 g/mol. The van der Waals surface area contributed by atoms with Crippen molar-refractivity contribution in [2.45, 2.75) is 26.7 Å². The van der Waals surface area contributed by atoms with Crippen LogP contribution in [0.25, 0.3) is 11.3 Å². The maximum absolute atomic E-state index is 12.8. The average Bonchev–Trinajstić information content (AvgIpc) is 2.68. The van der Waals surface area contributed by atoms with E-state index in [9.17, 15) is 4.79 Å². The molecular weight excluding hydrogens is 326 g/mol. The highest BCUT2D eigenvalue weighted by atomic mass is 16.1. The minimum atomic E-state index is -0.372. The van der Waals surface area contributed by atoms with Gasteiger partial charge in [-0.3, -0.25) is 9.78 Å². The minimum absolute atomic E-state index is 0.0971. The number of amides is 1. The number of rotatable bonds is 5. The minimum Gasteiger partial charge on any atom is -0.382 e. The number of nitrogens with two attached hydrogens (primary N) is 1. The highest BCUT2D eigenvalue weighted by Gasteiger charge is 2.16. The fourth-order valence-corrected chi connectivity index (χ4v) is 2.67. The second-order valence-corrected chi connectivity index (χ2v) is 5.88. The molecule has 2 heterocycles. The first-order chi connectivity index (χ1) is 12.6. The Balaban J connectivity index is 1.93. The van der Waals surface area contributed by atoms with Gasteiger partial charge in [0.1, 0.15) is 0 Å². The molecule has 132 valence electrons.